The van der Waals surface area contributed by atoms with Gasteiger partial charge in [0.05, 0.1) is 7.11 Å². The molecule has 1 heterocycles. The van der Waals surface area contributed by atoms with Crippen LogP contribution in [0.25, 0.3) is 16.5 Å². The Labute approximate surface area is 153 Å². The molecule has 1 unspecified atom stereocenters. The van der Waals surface area contributed by atoms with Gasteiger partial charge in [0, 0.05) is 10.9 Å². The Balaban J connectivity index is 1.84. The van der Waals surface area contributed by atoms with Gasteiger partial charge in [0.1, 0.15) is 11.3 Å². The first-order valence-corrected chi connectivity index (χ1v) is 8.99. The first kappa shape index (κ1) is 16.6. The van der Waals surface area contributed by atoms with Crippen molar-refractivity contribution < 1.29 is 13.9 Å². The van der Waals surface area contributed by atoms with Crippen LogP contribution in [0.15, 0.2) is 53.0 Å². The average Bonchev–Trinajstić information content (AvgIpc) is 3.03. The van der Waals surface area contributed by atoms with Gasteiger partial charge in [-0.05, 0) is 61.1 Å². The van der Waals surface area contributed by atoms with Crippen LogP contribution in [0.1, 0.15) is 52.9 Å². The molecule has 0 N–H and O–H groups in total. The van der Waals surface area contributed by atoms with Crippen LogP contribution in [0.3, 0.4) is 0 Å². The first-order valence-electron chi connectivity index (χ1n) is 8.99. The number of benzene rings is 2. The van der Waals surface area contributed by atoms with Crippen molar-refractivity contribution in [3.63, 3.8) is 0 Å². The summed E-state index contributed by atoms with van der Waals surface area (Å²) in [6, 6.07) is 14.1. The fraction of sp³-hybridized carbons (Fsp3) is 0.261. The van der Waals surface area contributed by atoms with Gasteiger partial charge >= 0.3 is 0 Å². The van der Waals surface area contributed by atoms with Crippen LogP contribution in [0.2, 0.25) is 0 Å². The average molecular weight is 346 g/mol. The lowest BCUT2D eigenvalue weighted by molar-refractivity contribution is 0.102. The largest absolute Gasteiger partial charge is 0.497 e. The molecule has 0 fully saturated rings. The second-order valence-electron chi connectivity index (χ2n) is 7.05. The monoisotopic (exact) mass is 346 g/mol. The third kappa shape index (κ3) is 2.84. The first-order chi connectivity index (χ1) is 12.6. The lowest BCUT2D eigenvalue weighted by atomic mass is 9.86. The van der Waals surface area contributed by atoms with E-state index in [2.05, 4.69) is 38.1 Å². The minimum atomic E-state index is -0.0581. The number of carbonyl (C=O) groups is 1. The van der Waals surface area contributed by atoms with Gasteiger partial charge in [-0.25, -0.2) is 0 Å². The highest BCUT2D eigenvalue weighted by Crippen LogP contribution is 2.39. The number of allylic oxidation sites excluding steroid dienone is 2. The molecule has 1 aliphatic rings. The molecule has 3 heteroatoms. The van der Waals surface area contributed by atoms with Crippen molar-refractivity contribution in [2.45, 2.75) is 32.6 Å². The zero-order valence-electron chi connectivity index (χ0n) is 15.3. The maximum Gasteiger partial charge on any atom is 0.221 e. The maximum atomic E-state index is 13.0. The summed E-state index contributed by atoms with van der Waals surface area (Å²) >= 11 is 0. The van der Waals surface area contributed by atoms with Gasteiger partial charge in [-0.3, -0.25) is 4.79 Å². The predicted molar refractivity (Wildman–Crippen MR) is 104 cm³/mol. The van der Waals surface area contributed by atoms with E-state index in [1.54, 1.807) is 13.2 Å². The van der Waals surface area contributed by atoms with Crippen molar-refractivity contribution in [3.05, 3.63) is 71.0 Å². The molecule has 1 atom stereocenters. The second kappa shape index (κ2) is 6.49. The number of carbonyl (C=O) groups excluding carboxylic acids is 1. The number of hydrogen-bond acceptors (Lipinski definition) is 3. The Morgan fingerprint density at radius 3 is 2.62 bits per heavy atom. The highest BCUT2D eigenvalue weighted by Gasteiger charge is 2.26. The van der Waals surface area contributed by atoms with Crippen LogP contribution in [0.4, 0.5) is 0 Å². The molecule has 1 aliphatic carbocycles. The van der Waals surface area contributed by atoms with Gasteiger partial charge in [0.15, 0.2) is 5.76 Å². The van der Waals surface area contributed by atoms with Gasteiger partial charge < -0.3 is 9.15 Å². The number of fused-ring (bicyclic) bond motifs is 3. The number of ketones is 1. The van der Waals surface area contributed by atoms with E-state index in [9.17, 15) is 4.79 Å². The van der Waals surface area contributed by atoms with Crippen molar-refractivity contribution >= 4 is 22.3 Å². The molecule has 0 radical (unpaired) electrons. The van der Waals surface area contributed by atoms with Crippen LogP contribution in [-0.4, -0.2) is 12.9 Å². The minimum Gasteiger partial charge on any atom is -0.497 e. The van der Waals surface area contributed by atoms with Crippen molar-refractivity contribution in [2.24, 2.45) is 0 Å². The standard InChI is InChI=1S/C23H22O3/c1-14-4-7-16(8-5-14)17-9-6-15(2)22-19-13-18(25-3)10-11-21(19)26-23(22)20(24)12-17/h4-5,7-8,10-13,15H,6,9H2,1-3H3/b17-12+. The topological polar surface area (TPSA) is 39.4 Å². The third-order valence-electron chi connectivity index (χ3n) is 5.22. The number of rotatable bonds is 2. The van der Waals surface area contributed by atoms with E-state index in [0.717, 1.165) is 46.3 Å². The Hall–Kier alpha value is -2.81. The molecule has 0 spiro atoms. The van der Waals surface area contributed by atoms with Gasteiger partial charge in [-0.2, -0.15) is 0 Å². The summed E-state index contributed by atoms with van der Waals surface area (Å²) in [6.45, 7) is 4.23. The molecule has 4 rings (SSSR count). The Morgan fingerprint density at radius 2 is 1.88 bits per heavy atom. The van der Waals surface area contributed by atoms with E-state index in [0.29, 0.717) is 5.76 Å². The van der Waals surface area contributed by atoms with Crippen LogP contribution in [0, 0.1) is 6.92 Å². The zero-order chi connectivity index (χ0) is 18.3. The normalized spacial score (nSPS) is 19.4. The summed E-state index contributed by atoms with van der Waals surface area (Å²) in [7, 11) is 1.65. The van der Waals surface area contributed by atoms with Crippen LogP contribution < -0.4 is 4.74 Å². The van der Waals surface area contributed by atoms with Crippen molar-refractivity contribution in [1.29, 1.82) is 0 Å². The minimum absolute atomic E-state index is 0.0581. The molecule has 2 aromatic carbocycles. The van der Waals surface area contributed by atoms with E-state index in [-0.39, 0.29) is 11.7 Å². The maximum absolute atomic E-state index is 13.0. The molecule has 0 aliphatic heterocycles. The molecule has 0 bridgehead atoms. The number of methoxy groups -OCH3 is 1. The van der Waals surface area contributed by atoms with E-state index < -0.39 is 0 Å². The summed E-state index contributed by atoms with van der Waals surface area (Å²) in [5, 5.41) is 0.979. The third-order valence-corrected chi connectivity index (χ3v) is 5.22. The molecule has 0 saturated heterocycles. The molecule has 132 valence electrons. The van der Waals surface area contributed by atoms with Crippen LogP contribution in [-0.2, 0) is 0 Å². The van der Waals surface area contributed by atoms with Crippen LogP contribution >= 0.6 is 0 Å². The summed E-state index contributed by atoms with van der Waals surface area (Å²) in [6.07, 6.45) is 3.58. The van der Waals surface area contributed by atoms with E-state index >= 15 is 0 Å². The number of aryl methyl sites for hydroxylation is 1. The van der Waals surface area contributed by atoms with Gasteiger partial charge in [-0.15, -0.1) is 0 Å². The summed E-state index contributed by atoms with van der Waals surface area (Å²) in [5.41, 5.74) is 5.14. The fourth-order valence-electron chi connectivity index (χ4n) is 3.70. The number of furan rings is 1. The molecule has 3 aromatic rings. The van der Waals surface area contributed by atoms with E-state index in [1.165, 1.54) is 5.56 Å². The summed E-state index contributed by atoms with van der Waals surface area (Å²) in [5.74, 6) is 1.41. The smallest absolute Gasteiger partial charge is 0.221 e. The van der Waals surface area contributed by atoms with E-state index in [1.807, 2.05) is 18.2 Å². The van der Waals surface area contributed by atoms with Crippen molar-refractivity contribution in [2.75, 3.05) is 7.11 Å². The van der Waals surface area contributed by atoms with Crippen molar-refractivity contribution in [3.8, 4) is 5.75 Å². The summed E-state index contributed by atoms with van der Waals surface area (Å²) < 4.78 is 11.3. The summed E-state index contributed by atoms with van der Waals surface area (Å²) in [4.78, 5) is 13.0. The Kier molecular flexibility index (Phi) is 4.15. The molecule has 0 saturated carbocycles. The van der Waals surface area contributed by atoms with Gasteiger partial charge in [0.25, 0.3) is 0 Å². The van der Waals surface area contributed by atoms with Crippen LogP contribution in [0.5, 0.6) is 5.75 Å². The molecular weight excluding hydrogens is 324 g/mol. The molecule has 0 amide bonds. The Morgan fingerprint density at radius 1 is 1.12 bits per heavy atom. The lowest BCUT2D eigenvalue weighted by Gasteiger charge is -2.17. The van der Waals surface area contributed by atoms with Gasteiger partial charge in [0.2, 0.25) is 5.78 Å². The number of ether oxygens (including phenoxy) is 1. The molecule has 26 heavy (non-hydrogen) atoms. The molecule has 3 nitrogen and oxygen atoms in total. The molecule has 1 aromatic heterocycles. The second-order valence-corrected chi connectivity index (χ2v) is 7.05. The number of hydrogen-bond donors (Lipinski definition) is 0. The van der Waals surface area contributed by atoms with Crippen molar-refractivity contribution in [1.82, 2.24) is 0 Å². The lowest BCUT2D eigenvalue weighted by Crippen LogP contribution is -2.06. The van der Waals surface area contributed by atoms with Gasteiger partial charge in [-0.1, -0.05) is 36.8 Å². The zero-order valence-corrected chi connectivity index (χ0v) is 15.3. The highest BCUT2D eigenvalue weighted by molar-refractivity contribution is 6.10. The highest BCUT2D eigenvalue weighted by atomic mass is 16.5. The SMILES string of the molecule is COc1ccc2oc3c(c2c1)C(C)CC/C(c1ccc(C)cc1)=C\C3=O. The fourth-order valence-corrected chi connectivity index (χ4v) is 3.70. The Bertz CT molecular complexity index is 1010. The van der Waals surface area contributed by atoms with E-state index in [4.69, 9.17) is 9.15 Å². The molecular formula is C23H22O3. The quantitative estimate of drug-likeness (QED) is 0.579. The predicted octanol–water partition coefficient (Wildman–Crippen LogP) is 5.91.